The third-order valence-corrected chi connectivity index (χ3v) is 5.86. The second kappa shape index (κ2) is 9.43. The number of para-hydroxylation sites is 3. The lowest BCUT2D eigenvalue weighted by molar-refractivity contribution is -0.139. The van der Waals surface area contributed by atoms with Gasteiger partial charge in [-0.1, -0.05) is 55.8 Å². The number of hydrogen-bond acceptors (Lipinski definition) is 5. The standard InChI is InChI=1S/C28H27N3O3/c1-3-11-23-25(27(32)33-4-2)26(31-24-17-9-8-16-22(24)29-28(31)30-23)19-12-10-15-21(18-19)34-20-13-6-5-7-14-20/h5-10,12-18,26H,3-4,11H2,1-2H3,(H,29,30)/t26-/m0/s1. The van der Waals surface area contributed by atoms with Crippen molar-refractivity contribution in [2.75, 3.05) is 11.9 Å². The number of imidazole rings is 1. The molecule has 0 saturated heterocycles. The molecule has 5 rings (SSSR count). The number of aromatic nitrogens is 2. The lowest BCUT2D eigenvalue weighted by Crippen LogP contribution is -2.29. The van der Waals surface area contributed by atoms with Crippen LogP contribution in [0.2, 0.25) is 0 Å². The summed E-state index contributed by atoms with van der Waals surface area (Å²) < 4.78 is 13.7. The molecule has 3 aromatic carbocycles. The summed E-state index contributed by atoms with van der Waals surface area (Å²) in [6, 6.07) is 25.1. The van der Waals surface area contributed by atoms with Crippen molar-refractivity contribution in [2.45, 2.75) is 32.7 Å². The predicted octanol–water partition coefficient (Wildman–Crippen LogP) is 6.46. The third kappa shape index (κ3) is 4.03. The van der Waals surface area contributed by atoms with Gasteiger partial charge in [0.05, 0.1) is 29.3 Å². The Hall–Kier alpha value is -4.06. The van der Waals surface area contributed by atoms with Crippen LogP contribution < -0.4 is 10.1 Å². The molecule has 4 aromatic rings. The molecule has 0 spiro atoms. The van der Waals surface area contributed by atoms with Crippen molar-refractivity contribution in [2.24, 2.45) is 0 Å². The number of rotatable bonds is 7. The van der Waals surface area contributed by atoms with E-state index >= 15 is 0 Å². The first-order chi connectivity index (χ1) is 16.7. The molecule has 2 heterocycles. The molecular weight excluding hydrogens is 426 g/mol. The van der Waals surface area contributed by atoms with Gasteiger partial charge in [0.2, 0.25) is 5.95 Å². The highest BCUT2D eigenvalue weighted by Gasteiger charge is 2.36. The average Bonchev–Trinajstić information content (AvgIpc) is 3.22. The molecule has 34 heavy (non-hydrogen) atoms. The lowest BCUT2D eigenvalue weighted by Gasteiger charge is -2.31. The van der Waals surface area contributed by atoms with Gasteiger partial charge in [-0.3, -0.25) is 4.57 Å². The summed E-state index contributed by atoms with van der Waals surface area (Å²) >= 11 is 0. The van der Waals surface area contributed by atoms with E-state index in [1.807, 2.05) is 85.8 Å². The summed E-state index contributed by atoms with van der Waals surface area (Å²) in [4.78, 5) is 18.2. The minimum Gasteiger partial charge on any atom is -0.463 e. The fraction of sp³-hybridized carbons (Fsp3) is 0.214. The zero-order chi connectivity index (χ0) is 23.5. The highest BCUT2D eigenvalue weighted by Crippen LogP contribution is 2.41. The van der Waals surface area contributed by atoms with Gasteiger partial charge < -0.3 is 14.8 Å². The highest BCUT2D eigenvalue weighted by atomic mass is 16.5. The summed E-state index contributed by atoms with van der Waals surface area (Å²) in [5.41, 5.74) is 4.20. The van der Waals surface area contributed by atoms with Crippen molar-refractivity contribution < 1.29 is 14.3 Å². The lowest BCUT2D eigenvalue weighted by atomic mass is 9.93. The molecule has 1 N–H and O–H groups in total. The number of nitrogens with one attached hydrogen (secondary N) is 1. The Balaban J connectivity index is 1.68. The van der Waals surface area contributed by atoms with Crippen molar-refractivity contribution in [1.29, 1.82) is 0 Å². The van der Waals surface area contributed by atoms with Crippen molar-refractivity contribution in [1.82, 2.24) is 9.55 Å². The van der Waals surface area contributed by atoms with Gasteiger partial charge in [0.15, 0.2) is 0 Å². The molecule has 1 aliphatic heterocycles. The van der Waals surface area contributed by atoms with Crippen LogP contribution in [-0.4, -0.2) is 22.1 Å². The predicted molar refractivity (Wildman–Crippen MR) is 133 cm³/mol. The van der Waals surface area contributed by atoms with Gasteiger partial charge in [0, 0.05) is 5.70 Å². The maximum absolute atomic E-state index is 13.3. The molecule has 6 heteroatoms. The van der Waals surface area contributed by atoms with Gasteiger partial charge in [0.25, 0.3) is 0 Å². The zero-order valence-corrected chi connectivity index (χ0v) is 19.3. The van der Waals surface area contributed by atoms with Crippen molar-refractivity contribution >= 4 is 23.0 Å². The summed E-state index contributed by atoms with van der Waals surface area (Å²) in [5, 5.41) is 3.43. The van der Waals surface area contributed by atoms with E-state index in [4.69, 9.17) is 14.5 Å². The first-order valence-electron chi connectivity index (χ1n) is 11.7. The second-order valence-corrected chi connectivity index (χ2v) is 8.17. The van der Waals surface area contributed by atoms with Gasteiger partial charge in [-0.15, -0.1) is 0 Å². The highest BCUT2D eigenvalue weighted by molar-refractivity contribution is 5.94. The van der Waals surface area contributed by atoms with E-state index in [0.717, 1.165) is 40.4 Å². The second-order valence-electron chi connectivity index (χ2n) is 8.17. The normalized spacial score (nSPS) is 15.1. The Morgan fingerprint density at radius 3 is 2.53 bits per heavy atom. The number of carbonyl (C=O) groups is 1. The van der Waals surface area contributed by atoms with E-state index in [0.29, 0.717) is 24.4 Å². The summed E-state index contributed by atoms with van der Waals surface area (Å²) in [6.07, 6.45) is 1.60. The minimum atomic E-state index is -0.399. The van der Waals surface area contributed by atoms with Gasteiger partial charge >= 0.3 is 5.97 Å². The number of ether oxygens (including phenoxy) is 2. The number of hydrogen-bond donors (Lipinski definition) is 1. The molecule has 0 fully saturated rings. The van der Waals surface area contributed by atoms with Crippen LogP contribution in [0.15, 0.2) is 90.1 Å². The number of allylic oxidation sites excluding steroid dienone is 1. The fourth-order valence-electron chi connectivity index (χ4n) is 4.47. The fourth-order valence-corrected chi connectivity index (χ4v) is 4.47. The molecule has 172 valence electrons. The largest absolute Gasteiger partial charge is 0.463 e. The van der Waals surface area contributed by atoms with E-state index in [1.165, 1.54) is 0 Å². The molecule has 1 aromatic heterocycles. The van der Waals surface area contributed by atoms with Crippen molar-refractivity contribution in [3.05, 3.63) is 95.7 Å². The molecule has 0 radical (unpaired) electrons. The number of fused-ring (bicyclic) bond motifs is 3. The maximum Gasteiger partial charge on any atom is 0.338 e. The smallest absolute Gasteiger partial charge is 0.338 e. The van der Waals surface area contributed by atoms with E-state index in [1.54, 1.807) is 0 Å². The summed E-state index contributed by atoms with van der Waals surface area (Å²) in [5.74, 6) is 1.86. The number of esters is 1. The molecule has 0 bridgehead atoms. The number of benzene rings is 3. The number of carbonyl (C=O) groups excluding carboxylic acids is 1. The molecule has 0 amide bonds. The van der Waals surface area contributed by atoms with Crippen LogP contribution in [-0.2, 0) is 9.53 Å². The van der Waals surface area contributed by atoms with Gasteiger partial charge in [-0.05, 0) is 55.3 Å². The minimum absolute atomic E-state index is 0.309. The van der Waals surface area contributed by atoms with Crippen LogP contribution in [0.25, 0.3) is 11.0 Å². The van der Waals surface area contributed by atoms with Crippen LogP contribution in [0, 0.1) is 0 Å². The van der Waals surface area contributed by atoms with Crippen LogP contribution in [0.5, 0.6) is 11.5 Å². The van der Waals surface area contributed by atoms with Crippen LogP contribution in [0.3, 0.4) is 0 Å². The SMILES string of the molecule is CCCC1=C(C(=O)OCC)[C@H](c2cccc(Oc3ccccc3)c2)n2c(nc3ccccc32)N1. The monoisotopic (exact) mass is 453 g/mol. The molecule has 1 atom stereocenters. The Morgan fingerprint density at radius 1 is 0.971 bits per heavy atom. The Labute approximate surface area is 198 Å². The Kier molecular flexibility index (Phi) is 6.04. The van der Waals surface area contributed by atoms with E-state index in [-0.39, 0.29) is 5.97 Å². The van der Waals surface area contributed by atoms with Gasteiger partial charge in [-0.25, -0.2) is 9.78 Å². The summed E-state index contributed by atoms with van der Waals surface area (Å²) in [7, 11) is 0. The number of nitrogens with zero attached hydrogens (tertiary/aromatic N) is 2. The van der Waals surface area contributed by atoms with Gasteiger partial charge in [0.1, 0.15) is 11.5 Å². The van der Waals surface area contributed by atoms with Crippen LogP contribution in [0.1, 0.15) is 38.3 Å². The molecule has 0 saturated carbocycles. The number of anilines is 1. The molecule has 1 aliphatic rings. The van der Waals surface area contributed by atoms with Crippen LogP contribution in [0.4, 0.5) is 5.95 Å². The Morgan fingerprint density at radius 2 is 1.74 bits per heavy atom. The average molecular weight is 454 g/mol. The van der Waals surface area contributed by atoms with Crippen molar-refractivity contribution in [3.63, 3.8) is 0 Å². The van der Waals surface area contributed by atoms with E-state index < -0.39 is 6.04 Å². The quantitative estimate of drug-likeness (QED) is 0.325. The van der Waals surface area contributed by atoms with Crippen LogP contribution >= 0.6 is 0 Å². The topological polar surface area (TPSA) is 65.4 Å². The maximum atomic E-state index is 13.3. The third-order valence-electron chi connectivity index (χ3n) is 5.86. The van der Waals surface area contributed by atoms with E-state index in [2.05, 4.69) is 16.8 Å². The first kappa shape index (κ1) is 21.8. The molecule has 0 unspecified atom stereocenters. The van der Waals surface area contributed by atoms with E-state index in [9.17, 15) is 4.79 Å². The molecular formula is C28H27N3O3. The first-order valence-corrected chi connectivity index (χ1v) is 11.7. The molecule has 0 aliphatic carbocycles. The summed E-state index contributed by atoms with van der Waals surface area (Å²) in [6.45, 7) is 4.23. The molecule has 6 nitrogen and oxygen atoms in total. The van der Waals surface area contributed by atoms with Crippen molar-refractivity contribution in [3.8, 4) is 11.5 Å². The van der Waals surface area contributed by atoms with Gasteiger partial charge in [-0.2, -0.15) is 0 Å². The Bertz CT molecular complexity index is 1360. The zero-order valence-electron chi connectivity index (χ0n) is 19.3.